The SMILES string of the molecule is CC(C)(C)NCC(=O)N1C[C@@H](F)CC1C(=O)c1nnc(C(C)(C)C)o1. The molecule has 0 radical (unpaired) electrons. The number of nitrogens with one attached hydrogen (secondary N) is 1. The third-order valence-electron chi connectivity index (χ3n) is 3.92. The average molecular weight is 354 g/mol. The van der Waals surface area contributed by atoms with Crippen LogP contribution < -0.4 is 5.32 Å². The summed E-state index contributed by atoms with van der Waals surface area (Å²) in [5.41, 5.74) is -0.645. The van der Waals surface area contributed by atoms with Crippen LogP contribution in [-0.2, 0) is 10.2 Å². The Labute approximate surface area is 147 Å². The van der Waals surface area contributed by atoms with Crippen LogP contribution in [-0.4, -0.2) is 57.6 Å². The summed E-state index contributed by atoms with van der Waals surface area (Å²) in [5.74, 6) is -0.667. The molecule has 0 spiro atoms. The second kappa shape index (κ2) is 6.82. The molecule has 140 valence electrons. The highest BCUT2D eigenvalue weighted by molar-refractivity contribution is 5.99. The topological polar surface area (TPSA) is 88.3 Å². The first-order valence-corrected chi connectivity index (χ1v) is 8.45. The molecule has 1 aromatic rings. The molecule has 1 saturated heterocycles. The maximum atomic E-state index is 13.9. The first kappa shape index (κ1) is 19.5. The van der Waals surface area contributed by atoms with Crippen molar-refractivity contribution in [2.75, 3.05) is 13.1 Å². The Balaban J connectivity index is 2.13. The van der Waals surface area contributed by atoms with E-state index in [0.717, 1.165) is 0 Å². The number of rotatable bonds is 4. The Morgan fingerprint density at radius 2 is 1.88 bits per heavy atom. The number of nitrogens with zero attached hydrogens (tertiary/aromatic N) is 3. The third-order valence-corrected chi connectivity index (χ3v) is 3.92. The zero-order valence-electron chi connectivity index (χ0n) is 15.7. The fourth-order valence-corrected chi connectivity index (χ4v) is 2.52. The highest BCUT2D eigenvalue weighted by Crippen LogP contribution is 2.26. The number of carbonyl (C=O) groups is 2. The lowest BCUT2D eigenvalue weighted by molar-refractivity contribution is -0.130. The minimum absolute atomic E-state index is 0.0388. The number of carbonyl (C=O) groups excluding carboxylic acids is 2. The molecular weight excluding hydrogens is 327 g/mol. The molecule has 1 fully saturated rings. The van der Waals surface area contributed by atoms with E-state index >= 15 is 0 Å². The zero-order valence-corrected chi connectivity index (χ0v) is 15.7. The van der Waals surface area contributed by atoms with Crippen LogP contribution in [0, 0.1) is 0 Å². The first-order valence-electron chi connectivity index (χ1n) is 8.45. The summed E-state index contributed by atoms with van der Waals surface area (Å²) in [6.45, 7) is 11.4. The summed E-state index contributed by atoms with van der Waals surface area (Å²) in [4.78, 5) is 26.4. The molecule has 1 unspecified atom stereocenters. The summed E-state index contributed by atoms with van der Waals surface area (Å²) >= 11 is 0. The predicted molar refractivity (Wildman–Crippen MR) is 90.1 cm³/mol. The molecule has 0 saturated carbocycles. The van der Waals surface area contributed by atoms with Crippen LogP contribution >= 0.6 is 0 Å². The van der Waals surface area contributed by atoms with Crippen molar-refractivity contribution in [1.82, 2.24) is 20.4 Å². The maximum Gasteiger partial charge on any atom is 0.286 e. The third kappa shape index (κ3) is 4.84. The minimum atomic E-state index is -1.24. The monoisotopic (exact) mass is 354 g/mol. The largest absolute Gasteiger partial charge is 0.418 e. The number of alkyl halides is 1. The highest BCUT2D eigenvalue weighted by atomic mass is 19.1. The van der Waals surface area contributed by atoms with Crippen molar-refractivity contribution in [2.45, 2.75) is 71.1 Å². The van der Waals surface area contributed by atoms with Gasteiger partial charge in [0.25, 0.3) is 5.89 Å². The Kier molecular flexibility index (Phi) is 5.32. The number of hydrogen-bond donors (Lipinski definition) is 1. The Hall–Kier alpha value is -1.83. The van der Waals surface area contributed by atoms with Gasteiger partial charge in [0.05, 0.1) is 13.1 Å². The number of ketones is 1. The van der Waals surface area contributed by atoms with E-state index in [1.807, 2.05) is 41.5 Å². The molecule has 1 aromatic heterocycles. The van der Waals surface area contributed by atoms with E-state index in [1.54, 1.807) is 0 Å². The second-order valence-corrected chi connectivity index (χ2v) is 8.53. The van der Waals surface area contributed by atoms with Crippen LogP contribution in [0.4, 0.5) is 4.39 Å². The van der Waals surface area contributed by atoms with E-state index in [-0.39, 0.29) is 36.8 Å². The summed E-state index contributed by atoms with van der Waals surface area (Å²) in [6.07, 6.45) is -1.29. The van der Waals surface area contributed by atoms with Gasteiger partial charge in [-0.2, -0.15) is 0 Å². The molecule has 2 heterocycles. The standard InChI is InChI=1S/C17H27FN4O3/c1-16(2,3)15-21-20-14(25-15)13(24)11-7-10(18)9-22(11)12(23)8-19-17(4,5)6/h10-11,19H,7-9H2,1-6H3/t10-,11?/m0/s1. The van der Waals surface area contributed by atoms with Gasteiger partial charge in [0.15, 0.2) is 0 Å². The van der Waals surface area contributed by atoms with E-state index in [9.17, 15) is 14.0 Å². The van der Waals surface area contributed by atoms with Crippen LogP contribution in [0.2, 0.25) is 0 Å². The van der Waals surface area contributed by atoms with E-state index in [2.05, 4.69) is 15.5 Å². The summed E-state index contributed by atoms with van der Waals surface area (Å²) in [5, 5.41) is 10.7. The Morgan fingerprint density at radius 3 is 2.40 bits per heavy atom. The van der Waals surface area contributed by atoms with Gasteiger partial charge >= 0.3 is 0 Å². The van der Waals surface area contributed by atoms with Gasteiger partial charge in [-0.15, -0.1) is 10.2 Å². The summed E-state index contributed by atoms with van der Waals surface area (Å²) < 4.78 is 19.3. The molecule has 2 rings (SSSR count). The van der Waals surface area contributed by atoms with Gasteiger partial charge in [0, 0.05) is 17.4 Å². The molecule has 1 aliphatic heterocycles. The van der Waals surface area contributed by atoms with Gasteiger partial charge in [-0.25, -0.2) is 4.39 Å². The van der Waals surface area contributed by atoms with Crippen molar-refractivity contribution in [3.8, 4) is 0 Å². The van der Waals surface area contributed by atoms with E-state index < -0.39 is 23.4 Å². The molecule has 25 heavy (non-hydrogen) atoms. The molecule has 1 N–H and O–H groups in total. The van der Waals surface area contributed by atoms with Crippen LogP contribution in [0.1, 0.15) is 64.5 Å². The minimum Gasteiger partial charge on any atom is -0.418 e. The molecule has 0 aromatic carbocycles. The van der Waals surface area contributed by atoms with Gasteiger partial charge < -0.3 is 14.6 Å². The van der Waals surface area contributed by atoms with Gasteiger partial charge in [0.1, 0.15) is 12.2 Å². The first-order chi connectivity index (χ1) is 11.4. The molecule has 0 aliphatic carbocycles. The smallest absolute Gasteiger partial charge is 0.286 e. The lowest BCUT2D eigenvalue weighted by Crippen LogP contribution is -2.48. The zero-order chi connectivity index (χ0) is 19.0. The van der Waals surface area contributed by atoms with E-state index in [4.69, 9.17) is 4.42 Å². The number of hydrogen-bond acceptors (Lipinski definition) is 6. The Morgan fingerprint density at radius 1 is 1.24 bits per heavy atom. The van der Waals surface area contributed by atoms with Crippen LogP contribution in [0.25, 0.3) is 0 Å². The molecular formula is C17H27FN4O3. The molecule has 1 amide bonds. The Bertz CT molecular complexity index is 645. The lowest BCUT2D eigenvalue weighted by atomic mass is 9.97. The van der Waals surface area contributed by atoms with Crippen molar-refractivity contribution in [2.24, 2.45) is 0 Å². The van der Waals surface area contributed by atoms with Crippen molar-refractivity contribution in [3.05, 3.63) is 11.8 Å². The summed E-state index contributed by atoms with van der Waals surface area (Å²) in [7, 11) is 0. The fraction of sp³-hybridized carbons (Fsp3) is 0.765. The second-order valence-electron chi connectivity index (χ2n) is 8.53. The van der Waals surface area contributed by atoms with Crippen molar-refractivity contribution >= 4 is 11.7 Å². The van der Waals surface area contributed by atoms with Gasteiger partial charge in [-0.05, 0) is 20.8 Å². The average Bonchev–Trinajstić information content (AvgIpc) is 3.09. The van der Waals surface area contributed by atoms with Gasteiger partial charge in [-0.3, -0.25) is 9.59 Å². The van der Waals surface area contributed by atoms with E-state index in [1.165, 1.54) is 4.90 Å². The molecule has 2 atom stereocenters. The quantitative estimate of drug-likeness (QED) is 0.831. The normalized spacial score (nSPS) is 21.6. The highest BCUT2D eigenvalue weighted by Gasteiger charge is 2.42. The predicted octanol–water partition coefficient (Wildman–Crippen LogP) is 1.88. The van der Waals surface area contributed by atoms with E-state index in [0.29, 0.717) is 5.89 Å². The van der Waals surface area contributed by atoms with Gasteiger partial charge in [0.2, 0.25) is 17.6 Å². The molecule has 0 bridgehead atoms. The number of Topliss-reactive ketones (excluding diaryl/α,β-unsaturated/α-hetero) is 1. The number of halogens is 1. The fourth-order valence-electron chi connectivity index (χ4n) is 2.52. The van der Waals surface area contributed by atoms with Gasteiger partial charge in [-0.1, -0.05) is 20.8 Å². The summed E-state index contributed by atoms with van der Waals surface area (Å²) in [6, 6.07) is -0.905. The van der Waals surface area contributed by atoms with Crippen molar-refractivity contribution in [3.63, 3.8) is 0 Å². The van der Waals surface area contributed by atoms with Crippen molar-refractivity contribution in [1.29, 1.82) is 0 Å². The van der Waals surface area contributed by atoms with Crippen molar-refractivity contribution < 1.29 is 18.4 Å². The van der Waals surface area contributed by atoms with Crippen LogP contribution in [0.15, 0.2) is 4.42 Å². The lowest BCUT2D eigenvalue weighted by Gasteiger charge is -2.25. The number of aromatic nitrogens is 2. The molecule has 7 nitrogen and oxygen atoms in total. The van der Waals surface area contributed by atoms with Crippen LogP contribution in [0.3, 0.4) is 0 Å². The number of likely N-dealkylation sites (tertiary alicyclic amines) is 1. The molecule has 1 aliphatic rings. The van der Waals surface area contributed by atoms with Crippen LogP contribution in [0.5, 0.6) is 0 Å². The maximum absolute atomic E-state index is 13.9. The molecule has 8 heteroatoms. The number of amides is 1.